The molecule has 7 heteroatoms. The molecule has 1 aromatic rings. The minimum absolute atomic E-state index is 0.168. The number of amides is 1. The van der Waals surface area contributed by atoms with Crippen molar-refractivity contribution < 1.29 is 14.3 Å². The Kier molecular flexibility index (Phi) is 5.81. The summed E-state index contributed by atoms with van der Waals surface area (Å²) in [4.78, 5) is 30.1. The molecule has 0 aliphatic carbocycles. The predicted molar refractivity (Wildman–Crippen MR) is 85.3 cm³/mol. The lowest BCUT2D eigenvalue weighted by Gasteiger charge is -2.32. The summed E-state index contributed by atoms with van der Waals surface area (Å²) in [5, 5.41) is 2.86. The summed E-state index contributed by atoms with van der Waals surface area (Å²) in [6.45, 7) is 4.58. The van der Waals surface area contributed by atoms with Gasteiger partial charge in [0.1, 0.15) is 6.04 Å². The van der Waals surface area contributed by atoms with Crippen molar-refractivity contribution in [1.82, 2.24) is 9.88 Å². The third kappa shape index (κ3) is 4.31. The lowest BCUT2D eigenvalue weighted by molar-refractivity contribution is -0.152. The largest absolute Gasteiger partial charge is 0.464 e. The van der Waals surface area contributed by atoms with Gasteiger partial charge in [0.15, 0.2) is 0 Å². The molecule has 1 amide bonds. The average Bonchev–Trinajstić information content (AvgIpc) is 2.90. The number of thioether (sulfide) groups is 1. The normalized spacial score (nSPS) is 19.0. The van der Waals surface area contributed by atoms with Crippen molar-refractivity contribution in [3.05, 3.63) is 22.2 Å². The summed E-state index contributed by atoms with van der Waals surface area (Å²) in [5.74, 6) is 0.939. The Labute approximate surface area is 132 Å². The van der Waals surface area contributed by atoms with E-state index in [0.717, 1.165) is 16.5 Å². The van der Waals surface area contributed by atoms with Crippen LogP contribution in [0, 0.1) is 6.92 Å². The molecule has 1 aliphatic heterocycles. The summed E-state index contributed by atoms with van der Waals surface area (Å²) < 4.78 is 5.05. The topological polar surface area (TPSA) is 59.5 Å². The van der Waals surface area contributed by atoms with E-state index < -0.39 is 6.04 Å². The molecule has 0 N–H and O–H groups in total. The quantitative estimate of drug-likeness (QED) is 0.625. The highest BCUT2D eigenvalue weighted by molar-refractivity contribution is 7.99. The predicted octanol–water partition coefficient (Wildman–Crippen LogP) is 1.97. The molecule has 21 heavy (non-hydrogen) atoms. The Morgan fingerprint density at radius 3 is 3.05 bits per heavy atom. The fourth-order valence-corrected chi connectivity index (χ4v) is 3.62. The van der Waals surface area contributed by atoms with Gasteiger partial charge in [-0.25, -0.2) is 9.78 Å². The first-order valence-electron chi connectivity index (χ1n) is 6.77. The SMILES string of the molecule is CCOC(=O)C1CSCCN1C(=O)/C=C/c1csc(C)n1. The number of rotatable bonds is 4. The van der Waals surface area contributed by atoms with Crippen LogP contribution in [0.1, 0.15) is 17.6 Å². The van der Waals surface area contributed by atoms with Crippen LogP contribution in [0.5, 0.6) is 0 Å². The number of thiazole rings is 1. The van der Waals surface area contributed by atoms with Crippen molar-refractivity contribution in [2.24, 2.45) is 0 Å². The fourth-order valence-electron chi connectivity index (χ4n) is 2.01. The number of aryl methyl sites for hydroxylation is 1. The van der Waals surface area contributed by atoms with Crippen LogP contribution in [0.3, 0.4) is 0 Å². The minimum atomic E-state index is -0.488. The number of aromatic nitrogens is 1. The van der Waals surface area contributed by atoms with Gasteiger partial charge in [0.2, 0.25) is 5.91 Å². The number of nitrogens with zero attached hydrogens (tertiary/aromatic N) is 2. The molecule has 1 unspecified atom stereocenters. The van der Waals surface area contributed by atoms with Crippen LogP contribution in [0.15, 0.2) is 11.5 Å². The van der Waals surface area contributed by atoms with E-state index in [1.807, 2.05) is 12.3 Å². The van der Waals surface area contributed by atoms with E-state index in [0.29, 0.717) is 18.9 Å². The van der Waals surface area contributed by atoms with Gasteiger partial charge < -0.3 is 9.64 Å². The summed E-state index contributed by atoms with van der Waals surface area (Å²) in [6, 6.07) is -0.488. The minimum Gasteiger partial charge on any atom is -0.464 e. The van der Waals surface area contributed by atoms with E-state index in [1.165, 1.54) is 17.4 Å². The van der Waals surface area contributed by atoms with Crippen molar-refractivity contribution in [3.63, 3.8) is 0 Å². The highest BCUT2D eigenvalue weighted by atomic mass is 32.2. The van der Waals surface area contributed by atoms with Gasteiger partial charge in [-0.1, -0.05) is 0 Å². The zero-order valence-corrected chi connectivity index (χ0v) is 13.7. The monoisotopic (exact) mass is 326 g/mol. The Morgan fingerprint density at radius 1 is 1.57 bits per heavy atom. The van der Waals surface area contributed by atoms with Crippen LogP contribution in [0.2, 0.25) is 0 Å². The third-order valence-electron chi connectivity index (χ3n) is 3.00. The molecule has 0 bridgehead atoms. The Balaban J connectivity index is 2.04. The molecular formula is C14H18N2O3S2. The van der Waals surface area contributed by atoms with E-state index in [9.17, 15) is 9.59 Å². The number of carbonyl (C=O) groups excluding carboxylic acids is 2. The van der Waals surface area contributed by atoms with Crippen molar-refractivity contribution in [1.29, 1.82) is 0 Å². The number of hydrogen-bond donors (Lipinski definition) is 0. The molecular weight excluding hydrogens is 308 g/mol. The van der Waals surface area contributed by atoms with Gasteiger partial charge in [0.25, 0.3) is 0 Å². The molecule has 2 heterocycles. The van der Waals surface area contributed by atoms with Gasteiger partial charge in [-0.2, -0.15) is 11.8 Å². The average molecular weight is 326 g/mol. The van der Waals surface area contributed by atoms with Crippen LogP contribution in [0.25, 0.3) is 6.08 Å². The highest BCUT2D eigenvalue weighted by Gasteiger charge is 2.32. The molecule has 2 rings (SSSR count). The van der Waals surface area contributed by atoms with Crippen molar-refractivity contribution in [2.45, 2.75) is 19.9 Å². The molecule has 1 fully saturated rings. The second kappa shape index (κ2) is 7.61. The second-order valence-electron chi connectivity index (χ2n) is 4.50. The van der Waals surface area contributed by atoms with E-state index in [2.05, 4.69) is 4.98 Å². The summed E-state index contributed by atoms with van der Waals surface area (Å²) >= 11 is 3.21. The number of hydrogen-bond acceptors (Lipinski definition) is 6. The standard InChI is InChI=1S/C14H18N2O3S2/c1-3-19-14(18)12-9-20-7-6-16(12)13(17)5-4-11-8-21-10(2)15-11/h4-5,8,12H,3,6-7,9H2,1-2H3/b5-4+. The zero-order chi connectivity index (χ0) is 15.2. The molecule has 5 nitrogen and oxygen atoms in total. The maximum absolute atomic E-state index is 12.3. The summed E-state index contributed by atoms with van der Waals surface area (Å²) in [5.41, 5.74) is 0.768. The van der Waals surface area contributed by atoms with E-state index in [4.69, 9.17) is 4.74 Å². The molecule has 1 atom stereocenters. The lowest BCUT2D eigenvalue weighted by atomic mass is 10.2. The highest BCUT2D eigenvalue weighted by Crippen LogP contribution is 2.18. The molecule has 0 saturated carbocycles. The first-order chi connectivity index (χ1) is 10.1. The molecule has 1 aromatic heterocycles. The van der Waals surface area contributed by atoms with Gasteiger partial charge in [0, 0.05) is 29.5 Å². The van der Waals surface area contributed by atoms with Gasteiger partial charge >= 0.3 is 5.97 Å². The summed E-state index contributed by atoms with van der Waals surface area (Å²) in [7, 11) is 0. The first kappa shape index (κ1) is 16.0. The lowest BCUT2D eigenvalue weighted by Crippen LogP contribution is -2.50. The van der Waals surface area contributed by atoms with Gasteiger partial charge in [-0.15, -0.1) is 11.3 Å². The third-order valence-corrected chi connectivity index (χ3v) is 4.82. The Morgan fingerprint density at radius 2 is 2.38 bits per heavy atom. The van der Waals surface area contributed by atoms with E-state index in [1.54, 1.807) is 29.7 Å². The smallest absolute Gasteiger partial charge is 0.329 e. The van der Waals surface area contributed by atoms with Crippen molar-refractivity contribution in [3.8, 4) is 0 Å². The fraction of sp³-hybridized carbons (Fsp3) is 0.500. The van der Waals surface area contributed by atoms with E-state index >= 15 is 0 Å². The van der Waals surface area contributed by atoms with Crippen LogP contribution < -0.4 is 0 Å². The molecule has 114 valence electrons. The molecule has 0 aromatic carbocycles. The molecule has 0 spiro atoms. The van der Waals surface area contributed by atoms with Gasteiger partial charge in [0.05, 0.1) is 17.3 Å². The molecule has 1 saturated heterocycles. The van der Waals surface area contributed by atoms with Gasteiger partial charge in [-0.05, 0) is 19.9 Å². The molecule has 0 radical (unpaired) electrons. The van der Waals surface area contributed by atoms with Crippen LogP contribution >= 0.6 is 23.1 Å². The van der Waals surface area contributed by atoms with Crippen LogP contribution in [-0.4, -0.2) is 52.5 Å². The maximum Gasteiger partial charge on any atom is 0.329 e. The maximum atomic E-state index is 12.3. The number of carbonyl (C=O) groups is 2. The number of ether oxygens (including phenoxy) is 1. The summed E-state index contributed by atoms with van der Waals surface area (Å²) in [6.07, 6.45) is 3.17. The van der Waals surface area contributed by atoms with Crippen LogP contribution in [-0.2, 0) is 14.3 Å². The van der Waals surface area contributed by atoms with E-state index in [-0.39, 0.29) is 11.9 Å². The van der Waals surface area contributed by atoms with Crippen molar-refractivity contribution in [2.75, 3.05) is 24.7 Å². The van der Waals surface area contributed by atoms with Gasteiger partial charge in [-0.3, -0.25) is 4.79 Å². The zero-order valence-electron chi connectivity index (χ0n) is 12.1. The van der Waals surface area contributed by atoms with Crippen molar-refractivity contribution >= 4 is 41.1 Å². The Bertz CT molecular complexity index is 542. The molecule has 1 aliphatic rings. The van der Waals surface area contributed by atoms with Crippen LogP contribution in [0.4, 0.5) is 0 Å². The first-order valence-corrected chi connectivity index (χ1v) is 8.80. The number of esters is 1. The second-order valence-corrected chi connectivity index (χ2v) is 6.71. The Hall–Kier alpha value is -1.34.